The van der Waals surface area contributed by atoms with Crippen molar-refractivity contribution in [3.05, 3.63) is 88.5 Å². The maximum absolute atomic E-state index is 13.5. The van der Waals surface area contributed by atoms with Crippen LogP contribution in [0.25, 0.3) is 39.2 Å². The van der Waals surface area contributed by atoms with Crippen LogP contribution in [0, 0.1) is 12.7 Å². The van der Waals surface area contributed by atoms with Gasteiger partial charge in [0.25, 0.3) is 0 Å². The second-order valence-electron chi connectivity index (χ2n) is 6.67. The minimum atomic E-state index is -0.291. The van der Waals surface area contributed by atoms with Crippen molar-refractivity contribution in [2.45, 2.75) is 6.92 Å². The summed E-state index contributed by atoms with van der Waals surface area (Å²) in [7, 11) is 0. The first kappa shape index (κ1) is 16.4. The van der Waals surface area contributed by atoms with Gasteiger partial charge < -0.3 is 4.98 Å². The van der Waals surface area contributed by atoms with E-state index in [-0.39, 0.29) is 11.2 Å². The van der Waals surface area contributed by atoms with E-state index < -0.39 is 0 Å². The summed E-state index contributed by atoms with van der Waals surface area (Å²) in [5, 5.41) is 5.18. The van der Waals surface area contributed by atoms with E-state index in [0.29, 0.717) is 28.1 Å². The van der Waals surface area contributed by atoms with Gasteiger partial charge >= 0.3 is 0 Å². The van der Waals surface area contributed by atoms with Gasteiger partial charge in [0.1, 0.15) is 5.82 Å². The van der Waals surface area contributed by atoms with Gasteiger partial charge in [-0.2, -0.15) is 0 Å². The molecule has 3 aromatic heterocycles. The molecule has 0 bridgehead atoms. The minimum Gasteiger partial charge on any atom is -0.351 e. The first-order valence-electron chi connectivity index (χ1n) is 8.84. The van der Waals surface area contributed by atoms with Gasteiger partial charge in [0.05, 0.1) is 5.69 Å². The van der Waals surface area contributed by atoms with Gasteiger partial charge in [-0.25, -0.2) is 13.9 Å². The molecule has 0 saturated carbocycles. The monoisotopic (exact) mass is 370 g/mol. The van der Waals surface area contributed by atoms with Crippen LogP contribution in [0.15, 0.2) is 71.7 Å². The molecule has 136 valence electrons. The Balaban J connectivity index is 1.68. The molecule has 0 unspecified atom stereocenters. The number of hydrogen-bond donors (Lipinski definition) is 1. The van der Waals surface area contributed by atoms with Crippen molar-refractivity contribution in [2.75, 3.05) is 0 Å². The first-order valence-corrected chi connectivity index (χ1v) is 8.84. The summed E-state index contributed by atoms with van der Waals surface area (Å²) in [6, 6.07) is 17.5. The summed E-state index contributed by atoms with van der Waals surface area (Å²) >= 11 is 0. The third-order valence-corrected chi connectivity index (χ3v) is 4.86. The summed E-state index contributed by atoms with van der Waals surface area (Å²) in [4.78, 5) is 20.5. The van der Waals surface area contributed by atoms with Crippen LogP contribution < -0.4 is 5.43 Å². The number of pyridine rings is 2. The van der Waals surface area contributed by atoms with Crippen molar-refractivity contribution >= 4 is 16.6 Å². The fraction of sp³-hybridized carbons (Fsp3) is 0.0455. The Kier molecular flexibility index (Phi) is 3.58. The number of nitrogens with zero attached hydrogens (tertiary/aromatic N) is 3. The largest absolute Gasteiger partial charge is 0.351 e. The van der Waals surface area contributed by atoms with Crippen molar-refractivity contribution in [1.82, 2.24) is 19.6 Å². The Morgan fingerprint density at radius 2 is 1.86 bits per heavy atom. The number of para-hydroxylation sites is 1. The van der Waals surface area contributed by atoms with Crippen LogP contribution in [0.4, 0.5) is 4.39 Å². The van der Waals surface area contributed by atoms with Gasteiger partial charge in [0, 0.05) is 28.2 Å². The molecule has 0 aliphatic heterocycles. The molecule has 0 spiro atoms. The molecule has 5 aromatic rings. The lowest BCUT2D eigenvalue weighted by Gasteiger charge is -2.04. The molecule has 1 N–H and O–H groups in total. The van der Waals surface area contributed by atoms with E-state index in [1.54, 1.807) is 29.8 Å². The predicted molar refractivity (Wildman–Crippen MR) is 107 cm³/mol. The summed E-state index contributed by atoms with van der Waals surface area (Å²) in [6.07, 6.45) is 1.80. The fourth-order valence-corrected chi connectivity index (χ4v) is 3.39. The van der Waals surface area contributed by atoms with Crippen LogP contribution >= 0.6 is 0 Å². The van der Waals surface area contributed by atoms with Crippen LogP contribution in [0.3, 0.4) is 0 Å². The fourth-order valence-electron chi connectivity index (χ4n) is 3.39. The van der Waals surface area contributed by atoms with Gasteiger partial charge in [-0.15, -0.1) is 5.10 Å². The third kappa shape index (κ3) is 2.58. The quantitative estimate of drug-likeness (QED) is 0.502. The molecular weight excluding hydrogens is 355 g/mol. The van der Waals surface area contributed by atoms with E-state index in [4.69, 9.17) is 0 Å². The summed E-state index contributed by atoms with van der Waals surface area (Å²) in [5.41, 5.74) is 4.10. The lowest BCUT2D eigenvalue weighted by Crippen LogP contribution is -2.09. The molecule has 0 aliphatic rings. The normalized spacial score (nSPS) is 11.4. The number of benzene rings is 2. The maximum atomic E-state index is 13.5. The summed E-state index contributed by atoms with van der Waals surface area (Å²) in [6.45, 7) is 1.77. The average molecular weight is 370 g/mol. The number of fused-ring (bicyclic) bond motifs is 2. The highest BCUT2D eigenvalue weighted by Gasteiger charge is 2.14. The molecule has 28 heavy (non-hydrogen) atoms. The van der Waals surface area contributed by atoms with Crippen molar-refractivity contribution in [1.29, 1.82) is 0 Å². The van der Waals surface area contributed by atoms with Crippen LogP contribution in [0.5, 0.6) is 0 Å². The highest BCUT2D eigenvalue weighted by atomic mass is 19.1. The number of H-pyrrole nitrogens is 1. The molecule has 3 heterocycles. The van der Waals surface area contributed by atoms with Crippen LogP contribution in [-0.2, 0) is 0 Å². The number of aromatic amines is 1. The molecule has 0 fully saturated rings. The van der Waals surface area contributed by atoms with Crippen molar-refractivity contribution in [3.8, 4) is 22.6 Å². The molecular formula is C22H15FN4O. The van der Waals surface area contributed by atoms with Gasteiger partial charge in [0.2, 0.25) is 0 Å². The predicted octanol–water partition coefficient (Wildman–Crippen LogP) is 4.35. The molecule has 5 nitrogen and oxygen atoms in total. The maximum Gasteiger partial charge on any atom is 0.198 e. The zero-order valence-corrected chi connectivity index (χ0v) is 15.0. The Hall–Kier alpha value is -3.80. The molecule has 0 atom stereocenters. The SMILES string of the molecule is Cc1c(-c2nc3ccc(-c4cccc(F)c4)cn3n2)[nH]c2ccccc2c1=O. The molecule has 0 aliphatic carbocycles. The standard InChI is InChI=1S/C22H15FN4O/c1-13-20(24-18-8-3-2-7-17(18)21(13)28)22-25-19-10-9-15(12-27(19)26-22)14-5-4-6-16(23)11-14/h2-12H,1H3,(H,24,28). The lowest BCUT2D eigenvalue weighted by atomic mass is 10.1. The second-order valence-corrected chi connectivity index (χ2v) is 6.67. The molecule has 0 saturated heterocycles. The van der Waals surface area contributed by atoms with Crippen LogP contribution in [0.1, 0.15) is 5.56 Å². The number of hydrogen-bond acceptors (Lipinski definition) is 3. The van der Waals surface area contributed by atoms with Gasteiger partial charge in [-0.3, -0.25) is 4.79 Å². The zero-order valence-electron chi connectivity index (χ0n) is 15.0. The summed E-state index contributed by atoms with van der Waals surface area (Å²) in [5.74, 6) is 0.151. The number of rotatable bonds is 2. The highest BCUT2D eigenvalue weighted by molar-refractivity contribution is 5.82. The van der Waals surface area contributed by atoms with E-state index in [0.717, 1.165) is 16.6 Å². The van der Waals surface area contributed by atoms with Crippen molar-refractivity contribution in [3.63, 3.8) is 0 Å². The number of nitrogens with one attached hydrogen (secondary N) is 1. The lowest BCUT2D eigenvalue weighted by molar-refractivity contribution is 0.628. The Morgan fingerprint density at radius 1 is 1.00 bits per heavy atom. The molecule has 0 radical (unpaired) electrons. The number of aromatic nitrogens is 4. The molecule has 0 amide bonds. The van der Waals surface area contributed by atoms with Gasteiger partial charge in [-0.1, -0.05) is 24.3 Å². The Bertz CT molecular complexity index is 1420. The topological polar surface area (TPSA) is 63.1 Å². The zero-order chi connectivity index (χ0) is 19.3. The smallest absolute Gasteiger partial charge is 0.198 e. The average Bonchev–Trinajstić information content (AvgIpc) is 3.14. The highest BCUT2D eigenvalue weighted by Crippen LogP contribution is 2.23. The first-order chi connectivity index (χ1) is 13.6. The van der Waals surface area contributed by atoms with E-state index in [2.05, 4.69) is 15.1 Å². The third-order valence-electron chi connectivity index (χ3n) is 4.86. The van der Waals surface area contributed by atoms with E-state index in [1.807, 2.05) is 36.4 Å². The van der Waals surface area contributed by atoms with Crippen molar-refractivity contribution in [2.24, 2.45) is 0 Å². The van der Waals surface area contributed by atoms with E-state index >= 15 is 0 Å². The van der Waals surface area contributed by atoms with E-state index in [1.165, 1.54) is 12.1 Å². The molecule has 2 aromatic carbocycles. The van der Waals surface area contributed by atoms with Crippen molar-refractivity contribution < 1.29 is 4.39 Å². The van der Waals surface area contributed by atoms with Crippen LogP contribution in [0.2, 0.25) is 0 Å². The number of halogens is 1. The van der Waals surface area contributed by atoms with Crippen LogP contribution in [-0.4, -0.2) is 19.6 Å². The Labute approximate surface area is 159 Å². The van der Waals surface area contributed by atoms with Gasteiger partial charge in [0.15, 0.2) is 16.9 Å². The van der Waals surface area contributed by atoms with Gasteiger partial charge in [-0.05, 0) is 48.9 Å². The minimum absolute atomic E-state index is 0.0383. The molecule has 5 rings (SSSR count). The van der Waals surface area contributed by atoms with E-state index in [9.17, 15) is 9.18 Å². The summed E-state index contributed by atoms with van der Waals surface area (Å²) < 4.78 is 15.2. The molecule has 6 heteroatoms. The second kappa shape index (κ2) is 6.13. The Morgan fingerprint density at radius 3 is 2.71 bits per heavy atom.